The van der Waals surface area contributed by atoms with Crippen LogP contribution >= 0.6 is 0 Å². The predicted octanol–water partition coefficient (Wildman–Crippen LogP) is 1.67. The topological polar surface area (TPSA) is 58.9 Å². The van der Waals surface area contributed by atoms with Crippen molar-refractivity contribution in [3.63, 3.8) is 0 Å². The number of rotatable bonds is 3. The second-order valence-corrected chi connectivity index (χ2v) is 2.67. The first kappa shape index (κ1) is 10.1. The molecule has 0 aliphatic carbocycles. The third kappa shape index (κ3) is 2.23. The summed E-state index contributed by atoms with van der Waals surface area (Å²) in [4.78, 5) is 27.0. The highest BCUT2D eigenvalue weighted by molar-refractivity contribution is 5.41. The SMILES string of the molecule is Cc1ccccc1C(N=C=O)N=C=O. The minimum atomic E-state index is -0.814. The summed E-state index contributed by atoms with van der Waals surface area (Å²) < 4.78 is 0. The van der Waals surface area contributed by atoms with Gasteiger partial charge in [0.15, 0.2) is 6.17 Å². The fraction of sp³-hybridized carbons (Fsp3) is 0.200. The van der Waals surface area contributed by atoms with Gasteiger partial charge in [0.05, 0.1) is 0 Å². The van der Waals surface area contributed by atoms with E-state index in [2.05, 4.69) is 9.98 Å². The largest absolute Gasteiger partial charge is 0.237 e. The number of isocyanates is 2. The first-order valence-electron chi connectivity index (χ1n) is 3.99. The summed E-state index contributed by atoms with van der Waals surface area (Å²) >= 11 is 0. The van der Waals surface area contributed by atoms with Crippen LogP contribution in [0.1, 0.15) is 17.3 Å². The molecule has 0 amide bonds. The van der Waals surface area contributed by atoms with Gasteiger partial charge in [0.25, 0.3) is 0 Å². The predicted molar refractivity (Wildman–Crippen MR) is 50.2 cm³/mol. The molecule has 0 spiro atoms. The van der Waals surface area contributed by atoms with Gasteiger partial charge in [-0.05, 0) is 12.5 Å². The molecule has 14 heavy (non-hydrogen) atoms. The van der Waals surface area contributed by atoms with Gasteiger partial charge in [-0.3, -0.25) is 0 Å². The zero-order valence-electron chi connectivity index (χ0n) is 7.60. The first-order chi connectivity index (χ1) is 6.79. The van der Waals surface area contributed by atoms with E-state index in [9.17, 15) is 9.59 Å². The van der Waals surface area contributed by atoms with Crippen LogP contribution in [0.5, 0.6) is 0 Å². The van der Waals surface area contributed by atoms with Crippen molar-refractivity contribution in [2.45, 2.75) is 13.1 Å². The van der Waals surface area contributed by atoms with Gasteiger partial charge in [0.2, 0.25) is 12.2 Å². The lowest BCUT2D eigenvalue weighted by atomic mass is 10.1. The molecule has 0 atom stereocenters. The molecule has 0 heterocycles. The quantitative estimate of drug-likeness (QED) is 0.535. The average Bonchev–Trinajstić information content (AvgIpc) is 2.18. The molecule has 0 saturated carbocycles. The normalized spacial score (nSPS) is 10.9. The van der Waals surface area contributed by atoms with Crippen LogP contribution in [0.3, 0.4) is 0 Å². The van der Waals surface area contributed by atoms with Crippen LogP contribution in [0.25, 0.3) is 0 Å². The van der Waals surface area contributed by atoms with E-state index >= 15 is 0 Å². The summed E-state index contributed by atoms with van der Waals surface area (Å²) in [5.74, 6) is 0. The Morgan fingerprint density at radius 3 is 2.21 bits per heavy atom. The molecule has 0 bridgehead atoms. The van der Waals surface area contributed by atoms with E-state index in [1.165, 1.54) is 12.2 Å². The summed E-state index contributed by atoms with van der Waals surface area (Å²) in [5.41, 5.74) is 1.62. The Morgan fingerprint density at radius 1 is 1.14 bits per heavy atom. The fourth-order valence-corrected chi connectivity index (χ4v) is 1.14. The highest BCUT2D eigenvalue weighted by Gasteiger charge is 2.09. The Kier molecular flexibility index (Phi) is 3.50. The van der Waals surface area contributed by atoms with E-state index < -0.39 is 6.17 Å². The minimum absolute atomic E-state index is 0.708. The van der Waals surface area contributed by atoms with Crippen molar-refractivity contribution in [1.82, 2.24) is 0 Å². The molecule has 70 valence electrons. The number of hydrogen-bond acceptors (Lipinski definition) is 4. The third-order valence-electron chi connectivity index (χ3n) is 1.82. The lowest BCUT2D eigenvalue weighted by molar-refractivity contribution is 0.551. The average molecular weight is 188 g/mol. The zero-order valence-corrected chi connectivity index (χ0v) is 7.60. The maximum Gasteiger partial charge on any atom is 0.237 e. The molecular formula is C10H8N2O2. The van der Waals surface area contributed by atoms with Crippen LogP contribution in [0.15, 0.2) is 34.3 Å². The maximum absolute atomic E-state index is 10.1. The number of benzene rings is 1. The molecule has 0 N–H and O–H groups in total. The molecule has 1 aromatic rings. The molecule has 1 aromatic carbocycles. The molecule has 0 aromatic heterocycles. The molecule has 0 unspecified atom stereocenters. The summed E-state index contributed by atoms with van der Waals surface area (Å²) in [6.45, 7) is 1.85. The lowest BCUT2D eigenvalue weighted by Gasteiger charge is -2.06. The smallest absolute Gasteiger partial charge is 0.211 e. The Labute approximate surface area is 81.0 Å². The van der Waals surface area contributed by atoms with Gasteiger partial charge in [0.1, 0.15) is 0 Å². The van der Waals surface area contributed by atoms with E-state index in [0.717, 1.165) is 5.56 Å². The number of nitrogens with zero attached hydrogens (tertiary/aromatic N) is 2. The van der Waals surface area contributed by atoms with Crippen molar-refractivity contribution in [3.05, 3.63) is 35.4 Å². The van der Waals surface area contributed by atoms with Crippen LogP contribution in [0.2, 0.25) is 0 Å². The molecule has 4 nitrogen and oxygen atoms in total. The summed E-state index contributed by atoms with van der Waals surface area (Å²) in [6.07, 6.45) is 1.95. The number of hydrogen-bond donors (Lipinski definition) is 0. The van der Waals surface area contributed by atoms with Gasteiger partial charge in [-0.15, -0.1) is 0 Å². The van der Waals surface area contributed by atoms with Crippen LogP contribution in [-0.2, 0) is 9.59 Å². The molecule has 0 fully saturated rings. The lowest BCUT2D eigenvalue weighted by Crippen LogP contribution is -1.94. The monoisotopic (exact) mass is 188 g/mol. The first-order valence-corrected chi connectivity index (χ1v) is 3.99. The third-order valence-corrected chi connectivity index (χ3v) is 1.82. The van der Waals surface area contributed by atoms with Gasteiger partial charge in [-0.25, -0.2) is 9.59 Å². The highest BCUT2D eigenvalue weighted by atomic mass is 16.1. The van der Waals surface area contributed by atoms with Gasteiger partial charge >= 0.3 is 0 Å². The number of aliphatic imine (C=N–C) groups is 2. The Hall–Kier alpha value is -2.02. The second kappa shape index (κ2) is 4.87. The van der Waals surface area contributed by atoms with Crippen molar-refractivity contribution in [3.8, 4) is 0 Å². The van der Waals surface area contributed by atoms with Gasteiger partial charge in [-0.1, -0.05) is 24.3 Å². The van der Waals surface area contributed by atoms with E-state index in [-0.39, 0.29) is 0 Å². The highest BCUT2D eigenvalue weighted by Crippen LogP contribution is 2.20. The standard InChI is InChI=1S/C10H8N2O2/c1-8-4-2-3-5-9(8)10(11-6-13)12-7-14/h2-5,10H,1H3. The van der Waals surface area contributed by atoms with Crippen molar-refractivity contribution in [2.75, 3.05) is 0 Å². The van der Waals surface area contributed by atoms with E-state index in [4.69, 9.17) is 0 Å². The van der Waals surface area contributed by atoms with Crippen molar-refractivity contribution in [2.24, 2.45) is 9.98 Å². The molecule has 1 rings (SSSR count). The summed E-state index contributed by atoms with van der Waals surface area (Å²) in [7, 11) is 0. The minimum Gasteiger partial charge on any atom is -0.211 e. The maximum atomic E-state index is 10.1. The van der Waals surface area contributed by atoms with Gasteiger partial charge < -0.3 is 0 Å². The number of carbonyl (C=O) groups excluding carboxylic acids is 2. The zero-order chi connectivity index (χ0) is 10.4. The van der Waals surface area contributed by atoms with Gasteiger partial charge in [0, 0.05) is 5.56 Å². The van der Waals surface area contributed by atoms with Crippen LogP contribution in [0.4, 0.5) is 0 Å². The molecular weight excluding hydrogens is 180 g/mol. The van der Waals surface area contributed by atoms with Crippen molar-refractivity contribution < 1.29 is 9.59 Å². The summed E-state index contributed by atoms with van der Waals surface area (Å²) in [6, 6.07) is 7.24. The van der Waals surface area contributed by atoms with Crippen molar-refractivity contribution in [1.29, 1.82) is 0 Å². The second-order valence-electron chi connectivity index (χ2n) is 2.67. The molecule has 0 aliphatic heterocycles. The van der Waals surface area contributed by atoms with Gasteiger partial charge in [-0.2, -0.15) is 9.98 Å². The molecule has 0 aliphatic rings. The Morgan fingerprint density at radius 2 is 1.71 bits per heavy atom. The van der Waals surface area contributed by atoms with Crippen molar-refractivity contribution >= 4 is 12.2 Å². The number of aryl methyl sites for hydroxylation is 1. The van der Waals surface area contributed by atoms with Crippen LogP contribution in [0, 0.1) is 6.92 Å². The van der Waals surface area contributed by atoms with E-state index in [0.29, 0.717) is 5.56 Å². The Bertz CT molecular complexity index is 398. The molecule has 4 heteroatoms. The van der Waals surface area contributed by atoms with E-state index in [1.54, 1.807) is 12.1 Å². The van der Waals surface area contributed by atoms with E-state index in [1.807, 2.05) is 19.1 Å². The Balaban J connectivity index is 3.17. The molecule has 0 saturated heterocycles. The van der Waals surface area contributed by atoms with Crippen LogP contribution < -0.4 is 0 Å². The fourth-order valence-electron chi connectivity index (χ4n) is 1.14. The van der Waals surface area contributed by atoms with Crippen LogP contribution in [-0.4, -0.2) is 12.2 Å². The molecule has 0 radical (unpaired) electrons. The summed E-state index contributed by atoms with van der Waals surface area (Å²) in [5, 5.41) is 0.